The number of hydrogen-bond acceptors (Lipinski definition) is 4. The molecule has 5 aliphatic rings. The maximum Gasteiger partial charge on any atom is 0.257 e. The van der Waals surface area contributed by atoms with E-state index in [0.717, 1.165) is 41.4 Å². The van der Waals surface area contributed by atoms with Gasteiger partial charge in [-0.05, 0) is 80.2 Å². The van der Waals surface area contributed by atoms with Crippen molar-refractivity contribution in [1.82, 2.24) is 14.9 Å². The van der Waals surface area contributed by atoms with Gasteiger partial charge in [0, 0.05) is 18.7 Å². The first kappa shape index (κ1) is 19.2. The Morgan fingerprint density at radius 3 is 2.52 bits per heavy atom. The average molecular weight is 421 g/mol. The van der Waals surface area contributed by atoms with Crippen LogP contribution < -0.4 is 5.32 Å². The Balaban J connectivity index is 1.17. The van der Waals surface area contributed by atoms with Crippen LogP contribution in [0.4, 0.5) is 10.2 Å². The van der Waals surface area contributed by atoms with Gasteiger partial charge in [-0.1, -0.05) is 12.1 Å². The number of aromatic nitrogens is 2. The van der Waals surface area contributed by atoms with Crippen molar-refractivity contribution < 1.29 is 9.18 Å². The monoisotopic (exact) mass is 420 g/mol. The molecule has 1 aliphatic heterocycles. The predicted molar refractivity (Wildman–Crippen MR) is 116 cm³/mol. The Bertz CT molecular complexity index is 987. The first-order valence-electron chi connectivity index (χ1n) is 11.7. The molecule has 4 saturated carbocycles. The van der Waals surface area contributed by atoms with Crippen molar-refractivity contribution in [2.45, 2.75) is 51.5 Å². The molecule has 5 nitrogen and oxygen atoms in total. The number of amides is 1. The van der Waals surface area contributed by atoms with Crippen molar-refractivity contribution >= 4 is 11.7 Å². The summed E-state index contributed by atoms with van der Waals surface area (Å²) in [4.78, 5) is 23.5. The molecule has 0 atom stereocenters. The van der Waals surface area contributed by atoms with E-state index in [-0.39, 0.29) is 11.5 Å². The zero-order chi connectivity index (χ0) is 21.0. The largest absolute Gasteiger partial charge is 0.369 e. The van der Waals surface area contributed by atoms with Gasteiger partial charge in [-0.3, -0.25) is 4.79 Å². The lowest BCUT2D eigenvalue weighted by Crippen LogP contribution is -2.49. The molecule has 6 heteroatoms. The van der Waals surface area contributed by atoms with Crippen molar-refractivity contribution in [3.63, 3.8) is 0 Å². The van der Waals surface area contributed by atoms with Crippen LogP contribution in [0.2, 0.25) is 0 Å². The molecule has 4 aliphatic carbocycles. The lowest BCUT2D eigenvalue weighted by Gasteiger charge is -2.57. The van der Waals surface area contributed by atoms with E-state index in [2.05, 4.69) is 15.3 Å². The van der Waals surface area contributed by atoms with E-state index in [9.17, 15) is 9.18 Å². The Labute approximate surface area is 182 Å². The predicted octanol–water partition coefficient (Wildman–Crippen LogP) is 4.44. The second-order valence-corrected chi connectivity index (χ2v) is 10.4. The van der Waals surface area contributed by atoms with Crippen molar-refractivity contribution in [2.75, 3.05) is 18.4 Å². The van der Waals surface area contributed by atoms with Crippen molar-refractivity contribution in [3.05, 3.63) is 53.2 Å². The lowest BCUT2D eigenvalue weighted by atomic mass is 9.49. The first-order chi connectivity index (χ1) is 15.1. The number of anilines is 1. The fraction of sp³-hybridized carbons (Fsp3) is 0.560. The summed E-state index contributed by atoms with van der Waals surface area (Å²) in [7, 11) is 0. The minimum absolute atomic E-state index is 0.125. The van der Waals surface area contributed by atoms with E-state index in [1.165, 1.54) is 44.6 Å². The third-order valence-corrected chi connectivity index (χ3v) is 8.19. The topological polar surface area (TPSA) is 58.1 Å². The Kier molecular flexibility index (Phi) is 4.51. The van der Waals surface area contributed by atoms with Gasteiger partial charge in [-0.15, -0.1) is 0 Å². The van der Waals surface area contributed by atoms with E-state index in [0.29, 0.717) is 24.9 Å². The third-order valence-electron chi connectivity index (χ3n) is 8.19. The van der Waals surface area contributed by atoms with Crippen LogP contribution >= 0.6 is 0 Å². The number of halogens is 1. The normalized spacial score (nSPS) is 30.9. The van der Waals surface area contributed by atoms with Crippen LogP contribution in [0.15, 0.2) is 30.6 Å². The lowest BCUT2D eigenvalue weighted by molar-refractivity contribution is -0.0444. The number of fused-ring (bicyclic) bond motifs is 1. The molecule has 2 heterocycles. The van der Waals surface area contributed by atoms with Crippen LogP contribution in [-0.2, 0) is 13.0 Å². The molecule has 31 heavy (non-hydrogen) atoms. The molecule has 0 spiro atoms. The quantitative estimate of drug-likeness (QED) is 0.794. The van der Waals surface area contributed by atoms with Crippen LogP contribution in [0.5, 0.6) is 0 Å². The molecule has 0 unspecified atom stereocenters. The number of rotatable bonds is 4. The molecule has 162 valence electrons. The van der Waals surface area contributed by atoms with Crippen LogP contribution in [0.3, 0.4) is 0 Å². The molecule has 4 bridgehead atoms. The average Bonchev–Trinajstić information content (AvgIpc) is 2.76. The maximum absolute atomic E-state index is 14.1. The van der Waals surface area contributed by atoms with Crippen LogP contribution in [0.1, 0.15) is 60.1 Å². The summed E-state index contributed by atoms with van der Waals surface area (Å²) in [5.41, 5.74) is 2.55. The number of carbonyl (C=O) groups is 1. The van der Waals surface area contributed by atoms with Crippen LogP contribution in [-0.4, -0.2) is 33.9 Å². The van der Waals surface area contributed by atoms with Gasteiger partial charge in [0.15, 0.2) is 0 Å². The summed E-state index contributed by atoms with van der Waals surface area (Å²) in [6.45, 7) is 1.95. The van der Waals surface area contributed by atoms with Gasteiger partial charge in [0.1, 0.15) is 18.0 Å². The molecule has 7 rings (SSSR count). The number of nitrogens with one attached hydrogen (secondary N) is 1. The Morgan fingerprint density at radius 2 is 1.81 bits per heavy atom. The highest BCUT2D eigenvalue weighted by molar-refractivity contribution is 5.94. The second-order valence-electron chi connectivity index (χ2n) is 10.4. The van der Waals surface area contributed by atoms with Crippen LogP contribution in [0, 0.1) is 29.0 Å². The smallest absolute Gasteiger partial charge is 0.257 e. The molecule has 1 aromatic heterocycles. The highest BCUT2D eigenvalue weighted by Gasteiger charge is 2.50. The summed E-state index contributed by atoms with van der Waals surface area (Å²) >= 11 is 0. The van der Waals surface area contributed by atoms with Gasteiger partial charge in [0.05, 0.1) is 17.8 Å². The first-order valence-corrected chi connectivity index (χ1v) is 11.7. The van der Waals surface area contributed by atoms with E-state index in [1.54, 1.807) is 29.4 Å². The van der Waals surface area contributed by atoms with E-state index in [4.69, 9.17) is 0 Å². The molecule has 1 amide bonds. The molecule has 2 aromatic rings. The molecular formula is C25H29FN4O. The summed E-state index contributed by atoms with van der Waals surface area (Å²) in [5.74, 6) is 2.99. The molecule has 1 aromatic carbocycles. The van der Waals surface area contributed by atoms with Gasteiger partial charge < -0.3 is 10.2 Å². The highest BCUT2D eigenvalue weighted by atomic mass is 19.1. The van der Waals surface area contributed by atoms with Crippen LogP contribution in [0.25, 0.3) is 0 Å². The SMILES string of the molecule is O=C(c1ccccc1F)N1CCc2c(ncnc2NCC23CC4CC(CC(C4)C2)C3)C1. The van der Waals surface area contributed by atoms with Gasteiger partial charge >= 0.3 is 0 Å². The van der Waals surface area contributed by atoms with Gasteiger partial charge in [-0.25, -0.2) is 14.4 Å². The number of nitrogens with zero attached hydrogens (tertiary/aromatic N) is 3. The van der Waals surface area contributed by atoms with Gasteiger partial charge in [0.2, 0.25) is 0 Å². The highest BCUT2D eigenvalue weighted by Crippen LogP contribution is 2.59. The minimum atomic E-state index is -0.473. The molecule has 0 radical (unpaired) electrons. The summed E-state index contributed by atoms with van der Waals surface area (Å²) in [6.07, 6.45) is 10.7. The van der Waals surface area contributed by atoms with E-state index in [1.807, 2.05) is 0 Å². The van der Waals surface area contributed by atoms with Gasteiger partial charge in [0.25, 0.3) is 5.91 Å². The summed E-state index contributed by atoms with van der Waals surface area (Å²) in [5, 5.41) is 3.70. The van der Waals surface area contributed by atoms with E-state index >= 15 is 0 Å². The minimum Gasteiger partial charge on any atom is -0.369 e. The summed E-state index contributed by atoms with van der Waals surface area (Å²) in [6, 6.07) is 6.18. The van der Waals surface area contributed by atoms with Crippen molar-refractivity contribution in [2.24, 2.45) is 23.2 Å². The summed E-state index contributed by atoms with van der Waals surface area (Å²) < 4.78 is 14.1. The number of carbonyl (C=O) groups excluding carboxylic acids is 1. The Hall–Kier alpha value is -2.50. The fourth-order valence-electron chi connectivity index (χ4n) is 7.26. The Morgan fingerprint density at radius 1 is 1.10 bits per heavy atom. The standard InChI is InChI=1S/C25H29FN4O/c26-21-4-2-1-3-19(21)24(31)30-6-5-20-22(13-30)28-15-29-23(20)27-14-25-10-16-7-17(11-25)9-18(8-16)12-25/h1-4,15-18H,5-14H2,(H,27,28,29). The molecular weight excluding hydrogens is 391 g/mol. The zero-order valence-electron chi connectivity index (χ0n) is 17.8. The number of hydrogen-bond donors (Lipinski definition) is 1. The van der Waals surface area contributed by atoms with Gasteiger partial charge in [-0.2, -0.15) is 0 Å². The molecule has 1 N–H and O–H groups in total. The third kappa shape index (κ3) is 3.40. The fourth-order valence-corrected chi connectivity index (χ4v) is 7.26. The molecule has 0 saturated heterocycles. The maximum atomic E-state index is 14.1. The molecule has 4 fully saturated rings. The van der Waals surface area contributed by atoms with E-state index < -0.39 is 5.82 Å². The van der Waals surface area contributed by atoms with Crippen molar-refractivity contribution in [1.29, 1.82) is 0 Å². The van der Waals surface area contributed by atoms with Crippen molar-refractivity contribution in [3.8, 4) is 0 Å². The zero-order valence-corrected chi connectivity index (χ0v) is 17.8. The number of benzene rings is 1. The second kappa shape index (κ2) is 7.28.